The van der Waals surface area contributed by atoms with Crippen molar-refractivity contribution in [3.63, 3.8) is 0 Å². The lowest BCUT2D eigenvalue weighted by atomic mass is 9.84. The summed E-state index contributed by atoms with van der Waals surface area (Å²) in [5.41, 5.74) is 5.70. The van der Waals surface area contributed by atoms with Crippen LogP contribution in [0.2, 0.25) is 0 Å². The fraction of sp³-hybridized carbons (Fsp3) is 1.00. The van der Waals surface area contributed by atoms with Gasteiger partial charge in [0.05, 0.1) is 5.75 Å². The fourth-order valence-corrected chi connectivity index (χ4v) is 4.43. The Morgan fingerprint density at radius 1 is 1.07 bits per heavy atom. The van der Waals surface area contributed by atoms with Gasteiger partial charge in [-0.3, -0.25) is 0 Å². The molecule has 1 aliphatic carbocycles. The molecule has 0 aromatic heterocycles. The first-order chi connectivity index (χ1) is 7.02. The molecular weight excluding hydrogens is 212 g/mol. The average molecular weight is 232 g/mol. The molecule has 2 rings (SSSR count). The maximum Gasteiger partial charge on any atom is 0.215 e. The smallest absolute Gasteiger partial charge is 0.215 e. The van der Waals surface area contributed by atoms with Gasteiger partial charge in [0, 0.05) is 18.6 Å². The number of nitrogens with two attached hydrogens (primary N) is 1. The van der Waals surface area contributed by atoms with E-state index in [0.29, 0.717) is 13.1 Å². The standard InChI is InChI=1S/C10H20N2O2S/c11-10(5-2-1-3-6-10)9-15(13,14)12-7-4-8-12/h1-9,11H2. The van der Waals surface area contributed by atoms with Crippen LogP contribution in [0.4, 0.5) is 0 Å². The number of hydrogen-bond acceptors (Lipinski definition) is 3. The van der Waals surface area contributed by atoms with E-state index in [2.05, 4.69) is 0 Å². The SMILES string of the molecule is NC1(CS(=O)(=O)N2CCC2)CCCCC1. The van der Waals surface area contributed by atoms with Crippen LogP contribution in [0, 0.1) is 0 Å². The maximum atomic E-state index is 11.9. The lowest BCUT2D eigenvalue weighted by molar-refractivity contribution is 0.287. The summed E-state index contributed by atoms with van der Waals surface area (Å²) in [5, 5.41) is 0. The van der Waals surface area contributed by atoms with Gasteiger partial charge < -0.3 is 5.73 Å². The molecule has 2 N–H and O–H groups in total. The van der Waals surface area contributed by atoms with Crippen LogP contribution in [0.3, 0.4) is 0 Å². The highest BCUT2D eigenvalue weighted by Gasteiger charge is 2.37. The molecule has 1 saturated carbocycles. The number of sulfonamides is 1. The van der Waals surface area contributed by atoms with Crippen LogP contribution in [0.5, 0.6) is 0 Å². The minimum Gasteiger partial charge on any atom is -0.324 e. The molecule has 0 aromatic rings. The largest absolute Gasteiger partial charge is 0.324 e. The summed E-state index contributed by atoms with van der Waals surface area (Å²) < 4.78 is 25.4. The average Bonchev–Trinajstić information content (AvgIpc) is 1.97. The molecule has 0 aromatic carbocycles. The molecule has 0 spiro atoms. The Morgan fingerprint density at radius 3 is 2.13 bits per heavy atom. The van der Waals surface area contributed by atoms with E-state index in [0.717, 1.165) is 32.1 Å². The molecule has 1 heterocycles. The predicted molar refractivity (Wildman–Crippen MR) is 60.0 cm³/mol. The Bertz CT molecular complexity index is 316. The third-order valence-corrected chi connectivity index (χ3v) is 5.62. The van der Waals surface area contributed by atoms with Crippen LogP contribution in [0.1, 0.15) is 38.5 Å². The highest BCUT2D eigenvalue weighted by molar-refractivity contribution is 7.89. The predicted octanol–water partition coefficient (Wildman–Crippen LogP) is 0.683. The normalized spacial score (nSPS) is 27.3. The van der Waals surface area contributed by atoms with Crippen molar-refractivity contribution in [2.75, 3.05) is 18.8 Å². The molecule has 5 heteroatoms. The fourth-order valence-electron chi connectivity index (χ4n) is 2.42. The van der Waals surface area contributed by atoms with Gasteiger partial charge in [-0.25, -0.2) is 12.7 Å². The van der Waals surface area contributed by atoms with Gasteiger partial charge >= 0.3 is 0 Å². The van der Waals surface area contributed by atoms with Crippen molar-refractivity contribution in [2.24, 2.45) is 5.73 Å². The van der Waals surface area contributed by atoms with Crippen LogP contribution in [0.15, 0.2) is 0 Å². The molecule has 0 amide bonds. The Morgan fingerprint density at radius 2 is 1.67 bits per heavy atom. The quantitative estimate of drug-likeness (QED) is 0.778. The Hall–Kier alpha value is -0.130. The molecule has 88 valence electrons. The summed E-state index contributed by atoms with van der Waals surface area (Å²) in [6.45, 7) is 1.39. The molecule has 4 nitrogen and oxygen atoms in total. The molecular formula is C10H20N2O2S. The van der Waals surface area contributed by atoms with Gasteiger partial charge in [-0.1, -0.05) is 19.3 Å². The van der Waals surface area contributed by atoms with E-state index in [4.69, 9.17) is 5.73 Å². The third kappa shape index (κ3) is 2.52. The Kier molecular flexibility index (Phi) is 3.05. The van der Waals surface area contributed by atoms with Crippen molar-refractivity contribution < 1.29 is 8.42 Å². The summed E-state index contributed by atoms with van der Waals surface area (Å²) in [7, 11) is -3.07. The van der Waals surface area contributed by atoms with E-state index >= 15 is 0 Å². The first kappa shape index (κ1) is 11.4. The minimum absolute atomic E-state index is 0.153. The second-order valence-corrected chi connectivity index (χ2v) is 6.90. The number of nitrogens with zero attached hydrogens (tertiary/aromatic N) is 1. The van der Waals surface area contributed by atoms with Crippen LogP contribution < -0.4 is 5.73 Å². The Labute approximate surface area is 91.9 Å². The van der Waals surface area contributed by atoms with Crippen molar-refractivity contribution in [3.05, 3.63) is 0 Å². The first-order valence-corrected chi connectivity index (χ1v) is 7.40. The molecule has 2 fully saturated rings. The van der Waals surface area contributed by atoms with E-state index in [9.17, 15) is 8.42 Å². The first-order valence-electron chi connectivity index (χ1n) is 5.79. The van der Waals surface area contributed by atoms with Gasteiger partial charge in [0.15, 0.2) is 0 Å². The summed E-state index contributed by atoms with van der Waals surface area (Å²) in [6, 6.07) is 0. The highest BCUT2D eigenvalue weighted by atomic mass is 32.2. The topological polar surface area (TPSA) is 63.4 Å². The zero-order valence-corrected chi connectivity index (χ0v) is 9.93. The summed E-state index contributed by atoms with van der Waals surface area (Å²) >= 11 is 0. The maximum absolute atomic E-state index is 11.9. The molecule has 0 radical (unpaired) electrons. The molecule has 0 atom stereocenters. The van der Waals surface area contributed by atoms with Gasteiger partial charge in [-0.2, -0.15) is 0 Å². The van der Waals surface area contributed by atoms with Crippen LogP contribution in [-0.4, -0.2) is 37.1 Å². The van der Waals surface area contributed by atoms with Gasteiger partial charge in [0.25, 0.3) is 0 Å². The number of rotatable bonds is 3. The lowest BCUT2D eigenvalue weighted by Gasteiger charge is -2.37. The molecule has 0 unspecified atom stereocenters. The third-order valence-electron chi connectivity index (χ3n) is 3.53. The van der Waals surface area contributed by atoms with Crippen molar-refractivity contribution in [2.45, 2.75) is 44.1 Å². The van der Waals surface area contributed by atoms with E-state index in [1.807, 2.05) is 0 Å². The van der Waals surface area contributed by atoms with Gasteiger partial charge in [0.1, 0.15) is 0 Å². The monoisotopic (exact) mass is 232 g/mol. The second-order valence-electron chi connectivity index (χ2n) is 4.93. The van der Waals surface area contributed by atoms with Crippen molar-refractivity contribution in [1.29, 1.82) is 0 Å². The van der Waals surface area contributed by atoms with Gasteiger partial charge in [-0.05, 0) is 19.3 Å². The van der Waals surface area contributed by atoms with Crippen molar-refractivity contribution in [1.82, 2.24) is 4.31 Å². The summed E-state index contributed by atoms with van der Waals surface area (Å²) in [6.07, 6.45) is 6.07. The van der Waals surface area contributed by atoms with Crippen molar-refractivity contribution in [3.8, 4) is 0 Å². The van der Waals surface area contributed by atoms with Gasteiger partial charge in [0.2, 0.25) is 10.0 Å². The van der Waals surface area contributed by atoms with Crippen LogP contribution >= 0.6 is 0 Å². The van der Waals surface area contributed by atoms with Crippen molar-refractivity contribution >= 4 is 10.0 Å². The van der Waals surface area contributed by atoms with E-state index < -0.39 is 15.6 Å². The Balaban J connectivity index is 1.99. The molecule has 15 heavy (non-hydrogen) atoms. The van der Waals surface area contributed by atoms with E-state index in [1.165, 1.54) is 6.42 Å². The summed E-state index contributed by atoms with van der Waals surface area (Å²) in [4.78, 5) is 0. The highest BCUT2D eigenvalue weighted by Crippen LogP contribution is 2.28. The van der Waals surface area contributed by atoms with Crippen LogP contribution in [-0.2, 0) is 10.0 Å². The molecule has 1 saturated heterocycles. The van der Waals surface area contributed by atoms with E-state index in [1.54, 1.807) is 4.31 Å². The van der Waals surface area contributed by atoms with E-state index in [-0.39, 0.29) is 5.75 Å². The lowest BCUT2D eigenvalue weighted by Crippen LogP contribution is -2.53. The molecule has 2 aliphatic rings. The number of hydrogen-bond donors (Lipinski definition) is 1. The summed E-state index contributed by atoms with van der Waals surface area (Å²) in [5.74, 6) is 0.153. The minimum atomic E-state index is -3.07. The molecule has 0 bridgehead atoms. The second kappa shape index (κ2) is 4.03. The molecule has 1 aliphatic heterocycles. The zero-order valence-electron chi connectivity index (χ0n) is 9.11. The zero-order chi connectivity index (χ0) is 10.9. The van der Waals surface area contributed by atoms with Gasteiger partial charge in [-0.15, -0.1) is 0 Å². The van der Waals surface area contributed by atoms with Crippen LogP contribution in [0.25, 0.3) is 0 Å².